The van der Waals surface area contributed by atoms with Crippen LogP contribution in [-0.2, 0) is 11.2 Å². The number of nitrogens with zero attached hydrogens (tertiary/aromatic N) is 2. The van der Waals surface area contributed by atoms with Crippen molar-refractivity contribution in [1.82, 2.24) is 9.88 Å². The third-order valence-corrected chi connectivity index (χ3v) is 6.08. The zero-order valence-electron chi connectivity index (χ0n) is 14.4. The Hall–Kier alpha value is -1.88. The highest BCUT2D eigenvalue weighted by Gasteiger charge is 2.33. The molecule has 0 radical (unpaired) electrons. The third kappa shape index (κ3) is 2.73. The van der Waals surface area contributed by atoms with Gasteiger partial charge in [-0.05, 0) is 54.2 Å². The minimum Gasteiger partial charge on any atom is -0.387 e. The summed E-state index contributed by atoms with van der Waals surface area (Å²) in [7, 11) is 0. The number of carbonyl (C=O) groups is 1. The van der Waals surface area contributed by atoms with Gasteiger partial charge in [0.1, 0.15) is 6.61 Å². The van der Waals surface area contributed by atoms with Crippen LogP contribution in [0.3, 0.4) is 0 Å². The zero-order chi connectivity index (χ0) is 18.4. The molecule has 1 N–H and O–H groups in total. The quantitative estimate of drug-likeness (QED) is 0.848. The highest BCUT2D eigenvalue weighted by Crippen LogP contribution is 2.48. The molecule has 26 heavy (non-hydrogen) atoms. The van der Waals surface area contributed by atoms with Crippen LogP contribution in [-0.4, -0.2) is 40.6 Å². The molecule has 1 aromatic carbocycles. The minimum atomic E-state index is -0.467. The largest absolute Gasteiger partial charge is 0.387 e. The number of fused-ring (bicyclic) bond motifs is 2. The molecule has 0 saturated heterocycles. The van der Waals surface area contributed by atoms with Crippen molar-refractivity contribution in [3.05, 3.63) is 56.8 Å². The molecule has 0 fully saturated rings. The van der Waals surface area contributed by atoms with Gasteiger partial charge < -0.3 is 10.0 Å². The van der Waals surface area contributed by atoms with Crippen LogP contribution in [0.4, 0.5) is 0 Å². The van der Waals surface area contributed by atoms with Gasteiger partial charge in [-0.15, -0.1) is 0 Å². The summed E-state index contributed by atoms with van der Waals surface area (Å²) in [6, 6.07) is 5.83. The molecule has 0 unspecified atom stereocenters. The second kappa shape index (κ2) is 6.69. The number of aliphatic hydroxyl groups excluding tert-OH is 1. The standard InChI is InChI=1S/C20H18Cl2N2O2/c1-11-13(3-2-5-23-11)14-8-17(21)20(22)15-7-12-4-6-24(18(26)10-25)9-16(12)19(14)15/h2-3,5,8,25H,4,6-7,9-10H2,1H3. The van der Waals surface area contributed by atoms with Gasteiger partial charge in [0.25, 0.3) is 0 Å². The monoisotopic (exact) mass is 388 g/mol. The Bertz CT molecular complexity index is 953. The number of benzene rings is 1. The predicted molar refractivity (Wildman–Crippen MR) is 103 cm³/mol. The summed E-state index contributed by atoms with van der Waals surface area (Å²) >= 11 is 13.0. The molecule has 4 nitrogen and oxygen atoms in total. The van der Waals surface area contributed by atoms with E-state index in [1.165, 1.54) is 5.57 Å². The molecule has 0 bridgehead atoms. The smallest absolute Gasteiger partial charge is 0.248 e. The Morgan fingerprint density at radius 2 is 2.15 bits per heavy atom. The summed E-state index contributed by atoms with van der Waals surface area (Å²) in [6.07, 6.45) is 3.32. The Kier molecular flexibility index (Phi) is 4.51. The number of aliphatic hydroxyl groups is 1. The summed E-state index contributed by atoms with van der Waals surface area (Å²) in [6.45, 7) is 2.62. The molecule has 134 valence electrons. The van der Waals surface area contributed by atoms with Gasteiger partial charge in [-0.2, -0.15) is 0 Å². The molecular formula is C20H18Cl2N2O2. The van der Waals surface area contributed by atoms with E-state index in [9.17, 15) is 9.90 Å². The lowest BCUT2D eigenvalue weighted by atomic mass is 9.91. The van der Waals surface area contributed by atoms with Gasteiger partial charge in [0.05, 0.1) is 10.0 Å². The van der Waals surface area contributed by atoms with E-state index in [4.69, 9.17) is 23.2 Å². The summed E-state index contributed by atoms with van der Waals surface area (Å²) in [4.78, 5) is 18.1. The van der Waals surface area contributed by atoms with Crippen LogP contribution in [0.5, 0.6) is 0 Å². The van der Waals surface area contributed by atoms with Gasteiger partial charge >= 0.3 is 0 Å². The fourth-order valence-corrected chi connectivity index (χ4v) is 4.39. The molecule has 2 aliphatic rings. The second-order valence-corrected chi connectivity index (χ2v) is 7.48. The van der Waals surface area contributed by atoms with Crippen LogP contribution < -0.4 is 0 Å². The van der Waals surface area contributed by atoms with Crippen molar-refractivity contribution in [2.75, 3.05) is 19.7 Å². The van der Waals surface area contributed by atoms with Crippen molar-refractivity contribution in [2.45, 2.75) is 19.8 Å². The molecule has 0 saturated carbocycles. The van der Waals surface area contributed by atoms with Crippen LogP contribution in [0.2, 0.25) is 10.0 Å². The lowest BCUT2D eigenvalue weighted by Gasteiger charge is -2.29. The first-order valence-electron chi connectivity index (χ1n) is 8.54. The van der Waals surface area contributed by atoms with Crippen LogP contribution in [0.15, 0.2) is 30.0 Å². The number of aryl methyl sites for hydroxylation is 1. The Morgan fingerprint density at radius 1 is 1.35 bits per heavy atom. The maximum absolute atomic E-state index is 12.0. The van der Waals surface area contributed by atoms with E-state index in [-0.39, 0.29) is 5.91 Å². The fourth-order valence-electron chi connectivity index (χ4n) is 3.95. The maximum Gasteiger partial charge on any atom is 0.248 e. The van der Waals surface area contributed by atoms with Crippen molar-refractivity contribution >= 4 is 34.7 Å². The van der Waals surface area contributed by atoms with E-state index in [2.05, 4.69) is 4.98 Å². The molecule has 1 aromatic heterocycles. The molecule has 6 heteroatoms. The first kappa shape index (κ1) is 17.5. The first-order valence-corrected chi connectivity index (χ1v) is 9.29. The van der Waals surface area contributed by atoms with Gasteiger partial charge in [0.15, 0.2) is 0 Å². The number of rotatable bonds is 2. The zero-order valence-corrected chi connectivity index (χ0v) is 15.9. The Labute approximate surface area is 162 Å². The highest BCUT2D eigenvalue weighted by molar-refractivity contribution is 6.43. The number of hydrogen-bond donors (Lipinski definition) is 1. The number of carbonyl (C=O) groups excluding carboxylic acids is 1. The number of aromatic nitrogens is 1. The van der Waals surface area contributed by atoms with Gasteiger partial charge in [-0.1, -0.05) is 34.8 Å². The van der Waals surface area contributed by atoms with E-state index >= 15 is 0 Å². The summed E-state index contributed by atoms with van der Waals surface area (Å²) in [5.41, 5.74) is 7.46. The number of pyridine rings is 1. The molecule has 1 aliphatic heterocycles. The van der Waals surface area contributed by atoms with Crippen LogP contribution in [0.25, 0.3) is 16.7 Å². The van der Waals surface area contributed by atoms with Crippen molar-refractivity contribution in [2.24, 2.45) is 0 Å². The lowest BCUT2D eigenvalue weighted by Crippen LogP contribution is -2.37. The molecule has 4 rings (SSSR count). The normalized spacial score (nSPS) is 15.9. The summed E-state index contributed by atoms with van der Waals surface area (Å²) < 4.78 is 0. The van der Waals surface area contributed by atoms with Crippen molar-refractivity contribution < 1.29 is 9.90 Å². The number of halogens is 2. The van der Waals surface area contributed by atoms with Crippen LogP contribution >= 0.6 is 23.2 Å². The predicted octanol–water partition coefficient (Wildman–Crippen LogP) is 3.90. The summed E-state index contributed by atoms with van der Waals surface area (Å²) in [5.74, 6) is -0.246. The second-order valence-electron chi connectivity index (χ2n) is 6.69. The average Bonchev–Trinajstić information content (AvgIpc) is 3.03. The molecule has 0 spiro atoms. The molecular weight excluding hydrogens is 371 g/mol. The minimum absolute atomic E-state index is 0.246. The van der Waals surface area contributed by atoms with Crippen molar-refractivity contribution in [3.8, 4) is 11.1 Å². The highest BCUT2D eigenvalue weighted by atomic mass is 35.5. The molecule has 1 amide bonds. The third-order valence-electron chi connectivity index (χ3n) is 5.25. The van der Waals surface area contributed by atoms with Crippen molar-refractivity contribution in [3.63, 3.8) is 0 Å². The molecule has 2 heterocycles. The Morgan fingerprint density at radius 3 is 2.88 bits per heavy atom. The SMILES string of the molecule is Cc1ncccc1-c1cc(Cl)c(Cl)c2c1C1=C(CCN(C(=O)CO)C1)C2. The van der Waals surface area contributed by atoms with E-state index in [0.717, 1.165) is 46.4 Å². The van der Waals surface area contributed by atoms with E-state index in [0.29, 0.717) is 23.1 Å². The van der Waals surface area contributed by atoms with E-state index in [1.807, 2.05) is 25.1 Å². The molecule has 2 aromatic rings. The Balaban J connectivity index is 1.90. The maximum atomic E-state index is 12.0. The molecule has 1 aliphatic carbocycles. The number of amides is 1. The fraction of sp³-hybridized carbons (Fsp3) is 0.300. The van der Waals surface area contributed by atoms with Gasteiger partial charge in [0, 0.05) is 30.5 Å². The van der Waals surface area contributed by atoms with E-state index < -0.39 is 6.61 Å². The number of hydrogen-bond acceptors (Lipinski definition) is 3. The summed E-state index contributed by atoms with van der Waals surface area (Å²) in [5, 5.41) is 10.3. The average molecular weight is 389 g/mol. The first-order chi connectivity index (χ1) is 12.5. The van der Waals surface area contributed by atoms with Gasteiger partial charge in [0.2, 0.25) is 5.91 Å². The lowest BCUT2D eigenvalue weighted by molar-refractivity contribution is -0.133. The molecule has 0 atom stereocenters. The van der Waals surface area contributed by atoms with Gasteiger partial charge in [-0.3, -0.25) is 9.78 Å². The van der Waals surface area contributed by atoms with Crippen LogP contribution in [0, 0.1) is 6.92 Å². The topological polar surface area (TPSA) is 53.4 Å². The van der Waals surface area contributed by atoms with E-state index in [1.54, 1.807) is 11.1 Å². The van der Waals surface area contributed by atoms with Crippen LogP contribution in [0.1, 0.15) is 23.2 Å². The van der Waals surface area contributed by atoms with Gasteiger partial charge in [-0.25, -0.2) is 0 Å². The van der Waals surface area contributed by atoms with Crippen molar-refractivity contribution in [1.29, 1.82) is 0 Å².